The predicted octanol–water partition coefficient (Wildman–Crippen LogP) is 0.189. The predicted molar refractivity (Wildman–Crippen MR) is 106 cm³/mol. The van der Waals surface area contributed by atoms with Crippen molar-refractivity contribution < 1.29 is 4.79 Å². The van der Waals surface area contributed by atoms with E-state index in [0.717, 1.165) is 16.4 Å². The number of carbonyl (C=O) groups excluding carboxylic acids is 1. The van der Waals surface area contributed by atoms with Gasteiger partial charge >= 0.3 is 0 Å². The van der Waals surface area contributed by atoms with E-state index in [1.54, 1.807) is 30.8 Å². The van der Waals surface area contributed by atoms with Crippen molar-refractivity contribution >= 4 is 23.4 Å². The molecular weight excluding hydrogens is 382 g/mol. The van der Waals surface area contributed by atoms with Crippen molar-refractivity contribution in [3.63, 3.8) is 0 Å². The van der Waals surface area contributed by atoms with Gasteiger partial charge in [-0.3, -0.25) is 19.1 Å². The first kappa shape index (κ1) is 19.4. The Morgan fingerprint density at radius 3 is 2.50 bits per heavy atom. The van der Waals surface area contributed by atoms with Crippen LogP contribution in [0, 0.1) is 13.8 Å². The highest BCUT2D eigenvalue weighted by Gasteiger charge is 2.18. The first-order chi connectivity index (χ1) is 13.3. The second kappa shape index (κ2) is 7.72. The van der Waals surface area contributed by atoms with E-state index in [-0.39, 0.29) is 27.8 Å². The van der Waals surface area contributed by atoms with E-state index in [1.165, 1.54) is 11.6 Å². The Morgan fingerprint density at radius 2 is 1.82 bits per heavy atom. The summed E-state index contributed by atoms with van der Waals surface area (Å²) in [6.07, 6.45) is 0. The number of carbonyl (C=O) groups is 1. The third kappa shape index (κ3) is 3.56. The molecule has 1 aromatic carbocycles. The zero-order chi connectivity index (χ0) is 20.4. The van der Waals surface area contributed by atoms with Gasteiger partial charge in [0.25, 0.3) is 11.1 Å². The zero-order valence-corrected chi connectivity index (χ0v) is 16.4. The van der Waals surface area contributed by atoms with Crippen LogP contribution in [0.3, 0.4) is 0 Å². The van der Waals surface area contributed by atoms with Gasteiger partial charge in [0.15, 0.2) is 0 Å². The summed E-state index contributed by atoms with van der Waals surface area (Å²) in [7, 11) is 1.74. The Balaban J connectivity index is 1.79. The number of para-hydroxylation sites is 1. The Morgan fingerprint density at radius 1 is 1.14 bits per heavy atom. The summed E-state index contributed by atoms with van der Waals surface area (Å²) in [6, 6.07) is 9.12. The highest BCUT2D eigenvalue weighted by atomic mass is 32.2. The molecule has 3 aromatic rings. The van der Waals surface area contributed by atoms with Crippen LogP contribution in [0.2, 0.25) is 0 Å². The van der Waals surface area contributed by atoms with E-state index in [2.05, 4.69) is 15.5 Å². The van der Waals surface area contributed by atoms with Crippen molar-refractivity contribution in [2.75, 3.05) is 16.9 Å². The molecule has 0 aliphatic rings. The van der Waals surface area contributed by atoms with Gasteiger partial charge < -0.3 is 11.2 Å². The number of hydrogen-bond donors (Lipinski definition) is 2. The number of thioether (sulfide) groups is 1. The fraction of sp³-hybridized carbons (Fsp3) is 0.235. The molecule has 2 heterocycles. The van der Waals surface area contributed by atoms with Crippen LogP contribution in [0.25, 0.3) is 5.69 Å². The molecule has 0 spiro atoms. The average molecular weight is 401 g/mol. The number of nitrogens with two attached hydrogens (primary N) is 1. The van der Waals surface area contributed by atoms with Gasteiger partial charge in [-0.1, -0.05) is 30.0 Å². The van der Waals surface area contributed by atoms with Gasteiger partial charge in [-0.05, 0) is 26.0 Å². The Labute approximate surface area is 163 Å². The first-order valence-corrected chi connectivity index (χ1v) is 9.28. The van der Waals surface area contributed by atoms with Crippen molar-refractivity contribution in [1.82, 2.24) is 24.2 Å². The molecule has 1 amide bonds. The van der Waals surface area contributed by atoms with Crippen LogP contribution in [-0.4, -0.2) is 35.9 Å². The van der Waals surface area contributed by atoms with Crippen LogP contribution < -0.4 is 22.3 Å². The van der Waals surface area contributed by atoms with Gasteiger partial charge in [-0.15, -0.1) is 10.2 Å². The average Bonchev–Trinajstić information content (AvgIpc) is 2.89. The minimum atomic E-state index is -0.484. The topological polar surface area (TPSA) is 130 Å². The van der Waals surface area contributed by atoms with Gasteiger partial charge in [-0.25, -0.2) is 4.68 Å². The van der Waals surface area contributed by atoms with Crippen molar-refractivity contribution in [3.8, 4) is 5.69 Å². The molecule has 0 radical (unpaired) electrons. The van der Waals surface area contributed by atoms with E-state index in [1.807, 2.05) is 18.2 Å². The Kier molecular flexibility index (Phi) is 5.36. The minimum Gasteiger partial charge on any atom is -0.334 e. The summed E-state index contributed by atoms with van der Waals surface area (Å²) in [5.41, 5.74) is 0.834. The molecule has 2 aromatic heterocycles. The van der Waals surface area contributed by atoms with Crippen molar-refractivity contribution in [3.05, 3.63) is 62.4 Å². The Hall–Kier alpha value is -3.34. The lowest BCUT2D eigenvalue weighted by Gasteiger charge is -2.07. The summed E-state index contributed by atoms with van der Waals surface area (Å²) >= 11 is 0.953. The van der Waals surface area contributed by atoms with Gasteiger partial charge in [-0.2, -0.15) is 4.68 Å². The molecule has 146 valence electrons. The normalized spacial score (nSPS) is 10.8. The number of aryl methyl sites for hydroxylation is 1. The van der Waals surface area contributed by atoms with Crippen LogP contribution in [-0.2, 0) is 11.8 Å². The van der Waals surface area contributed by atoms with Crippen LogP contribution in [0.4, 0.5) is 5.69 Å². The number of rotatable bonds is 5. The second-order valence-corrected chi connectivity index (χ2v) is 6.96. The van der Waals surface area contributed by atoms with Crippen LogP contribution in [0.1, 0.15) is 11.4 Å². The molecule has 28 heavy (non-hydrogen) atoms. The molecule has 11 heteroatoms. The standard InChI is InChI=1S/C17H19N7O3S/c1-10-15(26)23(18)17(21-20-10)28-9-13(25)19-14-11(2)22(3)24(16(14)27)12-7-5-4-6-8-12/h4-8H,9,18H2,1-3H3,(H,19,25). The quantitative estimate of drug-likeness (QED) is 0.461. The number of nitrogens with zero attached hydrogens (tertiary/aromatic N) is 5. The molecule has 0 aliphatic carbocycles. The molecule has 0 atom stereocenters. The number of nitrogens with one attached hydrogen (secondary N) is 1. The first-order valence-electron chi connectivity index (χ1n) is 8.29. The summed E-state index contributed by atoms with van der Waals surface area (Å²) in [6.45, 7) is 3.24. The molecule has 3 N–H and O–H groups in total. The number of amides is 1. The minimum absolute atomic E-state index is 0.0898. The SMILES string of the molecule is Cc1nnc(SCC(=O)Nc2c(C)n(C)n(-c3ccccc3)c2=O)n(N)c1=O. The molecule has 0 unspecified atom stereocenters. The second-order valence-electron chi connectivity index (χ2n) is 6.02. The van der Waals surface area contributed by atoms with Crippen molar-refractivity contribution in [1.29, 1.82) is 0 Å². The molecule has 0 bridgehead atoms. The smallest absolute Gasteiger partial charge is 0.295 e. The van der Waals surface area contributed by atoms with Crippen LogP contribution in [0.5, 0.6) is 0 Å². The molecule has 3 rings (SSSR count). The molecule has 0 saturated carbocycles. The summed E-state index contributed by atoms with van der Waals surface area (Å²) in [5.74, 6) is 5.14. The molecule has 0 saturated heterocycles. The van der Waals surface area contributed by atoms with Crippen LogP contribution in [0.15, 0.2) is 45.1 Å². The number of benzene rings is 1. The number of anilines is 1. The molecule has 10 nitrogen and oxygen atoms in total. The number of hydrogen-bond acceptors (Lipinski definition) is 7. The van der Waals surface area contributed by atoms with Gasteiger partial charge in [0.1, 0.15) is 11.4 Å². The molecule has 0 aliphatic heterocycles. The molecule has 0 fully saturated rings. The Bertz CT molecular complexity index is 1150. The molecular formula is C17H19N7O3S. The highest BCUT2D eigenvalue weighted by Crippen LogP contribution is 2.16. The van der Waals surface area contributed by atoms with Gasteiger partial charge in [0.2, 0.25) is 11.1 Å². The monoisotopic (exact) mass is 401 g/mol. The van der Waals surface area contributed by atoms with Gasteiger partial charge in [0.05, 0.1) is 17.1 Å². The highest BCUT2D eigenvalue weighted by molar-refractivity contribution is 7.99. The van der Waals surface area contributed by atoms with E-state index >= 15 is 0 Å². The lowest BCUT2D eigenvalue weighted by atomic mass is 10.3. The van der Waals surface area contributed by atoms with Gasteiger partial charge in [0, 0.05) is 7.05 Å². The maximum absolute atomic E-state index is 12.8. The third-order valence-corrected chi connectivity index (χ3v) is 5.11. The van der Waals surface area contributed by atoms with E-state index < -0.39 is 11.5 Å². The maximum Gasteiger partial charge on any atom is 0.295 e. The largest absolute Gasteiger partial charge is 0.334 e. The number of nitrogen functional groups attached to an aromatic ring is 1. The van der Waals surface area contributed by atoms with Crippen molar-refractivity contribution in [2.45, 2.75) is 19.0 Å². The summed E-state index contributed by atoms with van der Waals surface area (Å²) in [4.78, 5) is 36.9. The van der Waals surface area contributed by atoms with Crippen LogP contribution >= 0.6 is 11.8 Å². The fourth-order valence-corrected chi connectivity index (χ4v) is 3.24. The lowest BCUT2D eigenvalue weighted by Crippen LogP contribution is -2.32. The zero-order valence-electron chi connectivity index (χ0n) is 15.5. The van der Waals surface area contributed by atoms with E-state index in [4.69, 9.17) is 5.84 Å². The van der Waals surface area contributed by atoms with E-state index in [9.17, 15) is 14.4 Å². The fourth-order valence-electron chi connectivity index (χ4n) is 2.59. The number of aromatic nitrogens is 5. The summed E-state index contributed by atoms with van der Waals surface area (Å²) < 4.78 is 3.99. The lowest BCUT2D eigenvalue weighted by molar-refractivity contribution is -0.113. The summed E-state index contributed by atoms with van der Waals surface area (Å²) in [5, 5.41) is 10.3. The third-order valence-electron chi connectivity index (χ3n) is 4.17. The van der Waals surface area contributed by atoms with E-state index in [0.29, 0.717) is 11.4 Å². The van der Waals surface area contributed by atoms with Crippen molar-refractivity contribution in [2.24, 2.45) is 7.05 Å². The maximum atomic E-state index is 12.8.